The highest BCUT2D eigenvalue weighted by Crippen LogP contribution is 2.21. The minimum Gasteiger partial charge on any atom is -0.339 e. The summed E-state index contributed by atoms with van der Waals surface area (Å²) in [5, 5.41) is 3.30. The Balaban J connectivity index is 1.76. The standard InChI is InChI=1S/C19H22N2O/c1-20-18-10-12-21(13-11-18)19(22)17-9-5-8-16(14-17)15-6-3-2-4-7-15/h2-9,14,18,20H,10-13H2,1H3. The summed E-state index contributed by atoms with van der Waals surface area (Å²) in [6.45, 7) is 1.67. The molecule has 0 unspecified atom stereocenters. The quantitative estimate of drug-likeness (QED) is 0.943. The summed E-state index contributed by atoms with van der Waals surface area (Å²) in [5.41, 5.74) is 3.02. The summed E-state index contributed by atoms with van der Waals surface area (Å²) in [6.07, 6.45) is 2.06. The molecule has 1 aliphatic rings. The van der Waals surface area contributed by atoms with Crippen LogP contribution < -0.4 is 5.32 Å². The van der Waals surface area contributed by atoms with Gasteiger partial charge in [-0.15, -0.1) is 0 Å². The minimum absolute atomic E-state index is 0.146. The molecule has 3 nitrogen and oxygen atoms in total. The predicted molar refractivity (Wildman–Crippen MR) is 89.9 cm³/mol. The van der Waals surface area contributed by atoms with E-state index in [1.165, 1.54) is 0 Å². The highest BCUT2D eigenvalue weighted by molar-refractivity contribution is 5.95. The van der Waals surface area contributed by atoms with Crippen molar-refractivity contribution in [3.05, 3.63) is 60.2 Å². The highest BCUT2D eigenvalue weighted by atomic mass is 16.2. The van der Waals surface area contributed by atoms with Crippen LogP contribution in [0.1, 0.15) is 23.2 Å². The number of rotatable bonds is 3. The van der Waals surface area contributed by atoms with Crippen molar-refractivity contribution in [3.63, 3.8) is 0 Å². The van der Waals surface area contributed by atoms with Crippen molar-refractivity contribution in [2.45, 2.75) is 18.9 Å². The number of carbonyl (C=O) groups is 1. The first-order valence-electron chi connectivity index (χ1n) is 7.90. The Hall–Kier alpha value is -2.13. The molecule has 0 spiro atoms. The molecule has 3 heteroatoms. The Kier molecular flexibility index (Phi) is 4.54. The van der Waals surface area contributed by atoms with Gasteiger partial charge in [-0.3, -0.25) is 4.79 Å². The molecule has 114 valence electrons. The largest absolute Gasteiger partial charge is 0.339 e. The Bertz CT molecular complexity index is 631. The minimum atomic E-state index is 0.146. The molecule has 1 heterocycles. The maximum Gasteiger partial charge on any atom is 0.253 e. The van der Waals surface area contributed by atoms with E-state index < -0.39 is 0 Å². The summed E-state index contributed by atoms with van der Waals surface area (Å²) < 4.78 is 0. The molecule has 0 atom stereocenters. The van der Waals surface area contributed by atoms with Gasteiger partial charge in [0.05, 0.1) is 0 Å². The zero-order valence-electron chi connectivity index (χ0n) is 13.0. The van der Waals surface area contributed by atoms with Crippen LogP contribution in [0.2, 0.25) is 0 Å². The molecule has 0 saturated carbocycles. The second-order valence-corrected chi connectivity index (χ2v) is 5.80. The summed E-state index contributed by atoms with van der Waals surface area (Å²) >= 11 is 0. The van der Waals surface area contributed by atoms with Crippen molar-refractivity contribution < 1.29 is 4.79 Å². The van der Waals surface area contributed by atoms with Gasteiger partial charge in [-0.1, -0.05) is 42.5 Å². The van der Waals surface area contributed by atoms with E-state index >= 15 is 0 Å². The molecule has 2 aromatic rings. The normalized spacial score (nSPS) is 15.8. The van der Waals surface area contributed by atoms with Crippen LogP contribution in [0.3, 0.4) is 0 Å². The number of piperidine rings is 1. The molecular formula is C19H22N2O. The zero-order chi connectivity index (χ0) is 15.4. The average molecular weight is 294 g/mol. The summed E-state index contributed by atoms with van der Waals surface area (Å²) in [6, 6.07) is 18.7. The van der Waals surface area contributed by atoms with Gasteiger partial charge in [0.2, 0.25) is 0 Å². The first kappa shape index (κ1) is 14.8. The molecule has 0 aromatic heterocycles. The Morgan fingerprint density at radius 1 is 1.00 bits per heavy atom. The number of carbonyl (C=O) groups excluding carboxylic acids is 1. The molecule has 1 amide bonds. The van der Waals surface area contributed by atoms with Crippen molar-refractivity contribution in [1.82, 2.24) is 10.2 Å². The molecular weight excluding hydrogens is 272 g/mol. The lowest BCUT2D eigenvalue weighted by molar-refractivity contribution is 0.0707. The van der Waals surface area contributed by atoms with Crippen LogP contribution in [0.25, 0.3) is 11.1 Å². The molecule has 0 aliphatic carbocycles. The lowest BCUT2D eigenvalue weighted by Crippen LogP contribution is -2.43. The van der Waals surface area contributed by atoms with Gasteiger partial charge < -0.3 is 10.2 Å². The first-order chi connectivity index (χ1) is 10.8. The second kappa shape index (κ2) is 6.75. The first-order valence-corrected chi connectivity index (χ1v) is 7.90. The third-order valence-electron chi connectivity index (χ3n) is 4.41. The summed E-state index contributed by atoms with van der Waals surface area (Å²) in [4.78, 5) is 14.7. The van der Waals surface area contributed by atoms with Crippen LogP contribution in [0, 0.1) is 0 Å². The van der Waals surface area contributed by atoms with Crippen LogP contribution in [-0.4, -0.2) is 37.0 Å². The van der Waals surface area contributed by atoms with E-state index in [-0.39, 0.29) is 5.91 Å². The van der Waals surface area contributed by atoms with E-state index in [1.54, 1.807) is 0 Å². The highest BCUT2D eigenvalue weighted by Gasteiger charge is 2.22. The Morgan fingerprint density at radius 3 is 2.36 bits per heavy atom. The van der Waals surface area contributed by atoms with E-state index in [1.807, 2.05) is 48.3 Å². The van der Waals surface area contributed by atoms with Gasteiger partial charge in [0, 0.05) is 24.7 Å². The van der Waals surface area contributed by atoms with Gasteiger partial charge in [0.15, 0.2) is 0 Å². The van der Waals surface area contributed by atoms with Gasteiger partial charge in [-0.2, -0.15) is 0 Å². The van der Waals surface area contributed by atoms with Gasteiger partial charge in [-0.05, 0) is 43.1 Å². The number of benzene rings is 2. The van der Waals surface area contributed by atoms with Crippen molar-refractivity contribution in [2.24, 2.45) is 0 Å². The Labute approximate surface area is 132 Å². The van der Waals surface area contributed by atoms with Crippen LogP contribution in [0.5, 0.6) is 0 Å². The molecule has 1 fully saturated rings. The summed E-state index contributed by atoms with van der Waals surface area (Å²) in [5.74, 6) is 0.146. The maximum atomic E-state index is 12.7. The van der Waals surface area contributed by atoms with Crippen LogP contribution in [0.15, 0.2) is 54.6 Å². The molecule has 22 heavy (non-hydrogen) atoms. The molecule has 1 aliphatic heterocycles. The van der Waals surface area contributed by atoms with E-state index in [0.717, 1.165) is 42.6 Å². The fraction of sp³-hybridized carbons (Fsp3) is 0.316. The number of hydrogen-bond donors (Lipinski definition) is 1. The number of hydrogen-bond acceptors (Lipinski definition) is 2. The van der Waals surface area contributed by atoms with E-state index in [2.05, 4.69) is 23.5 Å². The maximum absolute atomic E-state index is 12.7. The topological polar surface area (TPSA) is 32.3 Å². The van der Waals surface area contributed by atoms with Crippen LogP contribution in [0.4, 0.5) is 0 Å². The van der Waals surface area contributed by atoms with Gasteiger partial charge in [0.25, 0.3) is 5.91 Å². The van der Waals surface area contributed by atoms with Crippen LogP contribution >= 0.6 is 0 Å². The number of amides is 1. The smallest absolute Gasteiger partial charge is 0.253 e. The second-order valence-electron chi connectivity index (χ2n) is 5.80. The fourth-order valence-electron chi connectivity index (χ4n) is 3.02. The molecule has 3 rings (SSSR count). The Morgan fingerprint density at radius 2 is 1.68 bits per heavy atom. The average Bonchev–Trinajstić information content (AvgIpc) is 2.62. The predicted octanol–water partition coefficient (Wildman–Crippen LogP) is 3.18. The fourth-order valence-corrected chi connectivity index (χ4v) is 3.02. The number of nitrogens with zero attached hydrogens (tertiary/aromatic N) is 1. The van der Waals surface area contributed by atoms with Gasteiger partial charge >= 0.3 is 0 Å². The third kappa shape index (κ3) is 3.20. The van der Waals surface area contributed by atoms with E-state index in [9.17, 15) is 4.79 Å². The van der Waals surface area contributed by atoms with Crippen LogP contribution in [-0.2, 0) is 0 Å². The molecule has 1 saturated heterocycles. The van der Waals surface area contributed by atoms with E-state index in [0.29, 0.717) is 6.04 Å². The van der Waals surface area contributed by atoms with Crippen molar-refractivity contribution in [3.8, 4) is 11.1 Å². The number of likely N-dealkylation sites (tertiary alicyclic amines) is 1. The molecule has 0 radical (unpaired) electrons. The summed E-state index contributed by atoms with van der Waals surface area (Å²) in [7, 11) is 1.99. The van der Waals surface area contributed by atoms with Crippen molar-refractivity contribution >= 4 is 5.91 Å². The monoisotopic (exact) mass is 294 g/mol. The number of nitrogens with one attached hydrogen (secondary N) is 1. The zero-order valence-corrected chi connectivity index (χ0v) is 13.0. The lowest BCUT2D eigenvalue weighted by Gasteiger charge is -2.32. The van der Waals surface area contributed by atoms with Crippen molar-refractivity contribution in [2.75, 3.05) is 20.1 Å². The lowest BCUT2D eigenvalue weighted by atomic mass is 10.0. The SMILES string of the molecule is CNC1CCN(C(=O)c2cccc(-c3ccccc3)c2)CC1. The third-order valence-corrected chi connectivity index (χ3v) is 4.41. The van der Waals surface area contributed by atoms with Gasteiger partial charge in [0.1, 0.15) is 0 Å². The molecule has 1 N–H and O–H groups in total. The van der Waals surface area contributed by atoms with Crippen molar-refractivity contribution in [1.29, 1.82) is 0 Å². The van der Waals surface area contributed by atoms with E-state index in [4.69, 9.17) is 0 Å². The molecule has 2 aromatic carbocycles. The molecule has 0 bridgehead atoms. The van der Waals surface area contributed by atoms with Gasteiger partial charge in [-0.25, -0.2) is 0 Å².